The van der Waals surface area contributed by atoms with Gasteiger partial charge in [0.25, 0.3) is 0 Å². The highest BCUT2D eigenvalue weighted by atomic mass is 16.2. The van der Waals surface area contributed by atoms with Gasteiger partial charge in [-0.2, -0.15) is 0 Å². The van der Waals surface area contributed by atoms with Crippen molar-refractivity contribution in [3.05, 3.63) is 29.8 Å². The minimum Gasteiger partial charge on any atom is -0.399 e. The standard InChI is InChI=1S/C17H24N2O/c1-12-4-2-7-16(12)17(20)19(15-8-9-15)11-13-5-3-6-14(18)10-13/h3,5-6,10,12,15-16H,2,4,7-9,11,18H2,1H3. The van der Waals surface area contributed by atoms with Crippen molar-refractivity contribution in [2.75, 3.05) is 5.73 Å². The summed E-state index contributed by atoms with van der Waals surface area (Å²) < 4.78 is 0. The molecule has 3 heteroatoms. The third-order valence-corrected chi connectivity index (χ3v) is 4.75. The molecule has 1 aromatic carbocycles. The van der Waals surface area contributed by atoms with Gasteiger partial charge in [-0.1, -0.05) is 25.5 Å². The largest absolute Gasteiger partial charge is 0.399 e. The first kappa shape index (κ1) is 13.5. The van der Waals surface area contributed by atoms with E-state index in [1.807, 2.05) is 18.2 Å². The van der Waals surface area contributed by atoms with Crippen molar-refractivity contribution in [3.63, 3.8) is 0 Å². The lowest BCUT2D eigenvalue weighted by molar-refractivity contribution is -0.137. The van der Waals surface area contributed by atoms with Crippen LogP contribution in [-0.2, 0) is 11.3 Å². The summed E-state index contributed by atoms with van der Waals surface area (Å²) in [6.45, 7) is 2.94. The summed E-state index contributed by atoms with van der Waals surface area (Å²) in [5.74, 6) is 1.17. The molecular weight excluding hydrogens is 248 g/mol. The molecule has 108 valence electrons. The van der Waals surface area contributed by atoms with Gasteiger partial charge in [0.1, 0.15) is 0 Å². The van der Waals surface area contributed by atoms with Crippen LogP contribution in [0.5, 0.6) is 0 Å². The molecular formula is C17H24N2O. The van der Waals surface area contributed by atoms with E-state index in [1.165, 1.54) is 12.8 Å². The summed E-state index contributed by atoms with van der Waals surface area (Å²) in [4.78, 5) is 14.9. The number of nitrogen functional groups attached to an aromatic ring is 1. The van der Waals surface area contributed by atoms with E-state index in [-0.39, 0.29) is 5.92 Å². The molecule has 0 heterocycles. The van der Waals surface area contributed by atoms with Gasteiger partial charge in [0.15, 0.2) is 0 Å². The fourth-order valence-corrected chi connectivity index (χ4v) is 3.39. The Bertz CT molecular complexity index is 496. The number of nitrogens with zero attached hydrogens (tertiary/aromatic N) is 1. The fraction of sp³-hybridized carbons (Fsp3) is 0.588. The van der Waals surface area contributed by atoms with E-state index in [2.05, 4.69) is 17.9 Å². The molecule has 0 aliphatic heterocycles. The normalized spacial score (nSPS) is 25.6. The van der Waals surface area contributed by atoms with Crippen LogP contribution in [-0.4, -0.2) is 16.8 Å². The molecule has 2 saturated carbocycles. The first-order chi connectivity index (χ1) is 9.65. The van der Waals surface area contributed by atoms with E-state index in [0.717, 1.165) is 37.1 Å². The van der Waals surface area contributed by atoms with Crippen molar-refractivity contribution in [1.82, 2.24) is 4.90 Å². The molecule has 3 rings (SSSR count). The summed E-state index contributed by atoms with van der Waals surface area (Å²) >= 11 is 0. The third kappa shape index (κ3) is 2.82. The average molecular weight is 272 g/mol. The molecule has 0 radical (unpaired) electrons. The Labute approximate surface area is 121 Å². The number of hydrogen-bond acceptors (Lipinski definition) is 2. The maximum absolute atomic E-state index is 12.8. The van der Waals surface area contributed by atoms with Crippen LogP contribution in [0.3, 0.4) is 0 Å². The van der Waals surface area contributed by atoms with Gasteiger partial charge in [-0.15, -0.1) is 0 Å². The first-order valence-electron chi connectivity index (χ1n) is 7.80. The number of nitrogens with two attached hydrogens (primary N) is 1. The van der Waals surface area contributed by atoms with Crippen molar-refractivity contribution >= 4 is 11.6 Å². The van der Waals surface area contributed by atoms with Gasteiger partial charge < -0.3 is 10.6 Å². The number of carbonyl (C=O) groups excluding carboxylic acids is 1. The van der Waals surface area contributed by atoms with Gasteiger partial charge in [-0.05, 0) is 49.3 Å². The molecule has 2 aliphatic carbocycles. The zero-order valence-corrected chi connectivity index (χ0v) is 12.2. The molecule has 0 bridgehead atoms. The molecule has 2 fully saturated rings. The molecule has 0 saturated heterocycles. The molecule has 0 aromatic heterocycles. The minimum absolute atomic E-state index is 0.247. The third-order valence-electron chi connectivity index (χ3n) is 4.75. The summed E-state index contributed by atoms with van der Waals surface area (Å²) in [6, 6.07) is 8.39. The predicted octanol–water partition coefficient (Wildman–Crippen LogP) is 3.20. The van der Waals surface area contributed by atoms with E-state index in [0.29, 0.717) is 17.9 Å². The lowest BCUT2D eigenvalue weighted by Crippen LogP contribution is -2.38. The highest BCUT2D eigenvalue weighted by Gasteiger charge is 2.39. The summed E-state index contributed by atoms with van der Waals surface area (Å²) in [6.07, 6.45) is 5.80. The number of rotatable bonds is 4. The second-order valence-corrected chi connectivity index (χ2v) is 6.46. The molecule has 3 nitrogen and oxygen atoms in total. The Morgan fingerprint density at radius 2 is 2.10 bits per heavy atom. The van der Waals surface area contributed by atoms with Crippen LogP contribution in [0.2, 0.25) is 0 Å². The van der Waals surface area contributed by atoms with E-state index < -0.39 is 0 Å². The monoisotopic (exact) mass is 272 g/mol. The topological polar surface area (TPSA) is 46.3 Å². The zero-order chi connectivity index (χ0) is 14.1. The Morgan fingerprint density at radius 3 is 2.70 bits per heavy atom. The Morgan fingerprint density at radius 1 is 1.30 bits per heavy atom. The molecule has 1 aromatic rings. The molecule has 20 heavy (non-hydrogen) atoms. The molecule has 2 aliphatic rings. The number of benzene rings is 1. The van der Waals surface area contributed by atoms with Gasteiger partial charge in [0.05, 0.1) is 0 Å². The summed E-state index contributed by atoms with van der Waals surface area (Å²) in [5.41, 5.74) is 7.77. The number of anilines is 1. The van der Waals surface area contributed by atoms with E-state index in [4.69, 9.17) is 5.73 Å². The molecule has 0 spiro atoms. The smallest absolute Gasteiger partial charge is 0.226 e. The molecule has 2 atom stereocenters. The maximum Gasteiger partial charge on any atom is 0.226 e. The zero-order valence-electron chi connectivity index (χ0n) is 12.2. The molecule has 2 N–H and O–H groups in total. The summed E-state index contributed by atoms with van der Waals surface area (Å²) in [7, 11) is 0. The number of carbonyl (C=O) groups is 1. The van der Waals surface area contributed by atoms with Crippen molar-refractivity contribution in [3.8, 4) is 0 Å². The average Bonchev–Trinajstić information content (AvgIpc) is 3.17. The van der Waals surface area contributed by atoms with Crippen LogP contribution < -0.4 is 5.73 Å². The Balaban J connectivity index is 1.74. The fourth-order valence-electron chi connectivity index (χ4n) is 3.39. The maximum atomic E-state index is 12.8. The molecule has 1 amide bonds. The predicted molar refractivity (Wildman–Crippen MR) is 80.9 cm³/mol. The number of amides is 1. The van der Waals surface area contributed by atoms with E-state index >= 15 is 0 Å². The number of hydrogen-bond donors (Lipinski definition) is 1. The van der Waals surface area contributed by atoms with E-state index in [9.17, 15) is 4.79 Å². The van der Waals surface area contributed by atoms with E-state index in [1.54, 1.807) is 0 Å². The second kappa shape index (κ2) is 5.47. The minimum atomic E-state index is 0.247. The lowest BCUT2D eigenvalue weighted by Gasteiger charge is -2.27. The highest BCUT2D eigenvalue weighted by molar-refractivity contribution is 5.80. The van der Waals surface area contributed by atoms with Crippen LogP contribution in [0.15, 0.2) is 24.3 Å². The first-order valence-corrected chi connectivity index (χ1v) is 7.80. The summed E-state index contributed by atoms with van der Waals surface area (Å²) in [5, 5.41) is 0. The second-order valence-electron chi connectivity index (χ2n) is 6.46. The van der Waals surface area contributed by atoms with Gasteiger partial charge in [0.2, 0.25) is 5.91 Å². The van der Waals surface area contributed by atoms with Gasteiger partial charge in [0, 0.05) is 24.2 Å². The van der Waals surface area contributed by atoms with Crippen LogP contribution in [0.4, 0.5) is 5.69 Å². The van der Waals surface area contributed by atoms with Crippen molar-refractivity contribution in [2.45, 2.75) is 51.6 Å². The van der Waals surface area contributed by atoms with Gasteiger partial charge in [-0.25, -0.2) is 0 Å². The molecule has 2 unspecified atom stereocenters. The van der Waals surface area contributed by atoms with Crippen molar-refractivity contribution in [2.24, 2.45) is 11.8 Å². The van der Waals surface area contributed by atoms with Crippen molar-refractivity contribution < 1.29 is 4.79 Å². The van der Waals surface area contributed by atoms with Crippen LogP contribution in [0.1, 0.15) is 44.6 Å². The van der Waals surface area contributed by atoms with Crippen LogP contribution in [0, 0.1) is 11.8 Å². The van der Waals surface area contributed by atoms with Crippen LogP contribution >= 0.6 is 0 Å². The quantitative estimate of drug-likeness (QED) is 0.856. The Hall–Kier alpha value is -1.51. The van der Waals surface area contributed by atoms with Gasteiger partial charge >= 0.3 is 0 Å². The van der Waals surface area contributed by atoms with Gasteiger partial charge in [-0.3, -0.25) is 4.79 Å². The lowest BCUT2D eigenvalue weighted by atomic mass is 9.96. The highest BCUT2D eigenvalue weighted by Crippen LogP contribution is 2.36. The SMILES string of the molecule is CC1CCCC1C(=O)N(Cc1cccc(N)c1)C1CC1. The van der Waals surface area contributed by atoms with Crippen molar-refractivity contribution in [1.29, 1.82) is 0 Å². The van der Waals surface area contributed by atoms with Crippen LogP contribution in [0.25, 0.3) is 0 Å². The Kier molecular flexibility index (Phi) is 3.68.